The van der Waals surface area contributed by atoms with Crippen LogP contribution >= 0.6 is 0 Å². The smallest absolute Gasteiger partial charge is 0.338 e. The van der Waals surface area contributed by atoms with Gasteiger partial charge in [0, 0.05) is 12.1 Å². The number of rotatable bonds is 6. The lowest BCUT2D eigenvalue weighted by molar-refractivity contribution is -0.384. The number of para-hydroxylation sites is 1. The van der Waals surface area contributed by atoms with Crippen LogP contribution in [0.15, 0.2) is 65.9 Å². The van der Waals surface area contributed by atoms with Gasteiger partial charge in [-0.3, -0.25) is 10.1 Å². The fraction of sp³-hybridized carbons (Fsp3) is 0.158. The van der Waals surface area contributed by atoms with Gasteiger partial charge in [0.15, 0.2) is 0 Å². The lowest BCUT2D eigenvalue weighted by atomic mass is 9.95. The van der Waals surface area contributed by atoms with E-state index in [1.54, 1.807) is 30.3 Å². The number of hydrogen-bond acceptors (Lipinski definition) is 6. The van der Waals surface area contributed by atoms with E-state index >= 15 is 0 Å². The third kappa shape index (κ3) is 4.09. The van der Waals surface area contributed by atoms with Crippen LogP contribution in [0, 0.1) is 10.1 Å². The Bertz CT molecular complexity index is 942. The number of hydrogen-bond donors (Lipinski definition) is 2. The third-order valence-corrected chi connectivity index (χ3v) is 4.10. The molecule has 0 saturated heterocycles. The highest BCUT2D eigenvalue weighted by Crippen LogP contribution is 2.30. The fourth-order valence-corrected chi connectivity index (χ4v) is 2.82. The van der Waals surface area contributed by atoms with Crippen molar-refractivity contribution in [3.8, 4) is 5.75 Å². The molecule has 2 amide bonds. The van der Waals surface area contributed by atoms with E-state index in [-0.39, 0.29) is 23.6 Å². The van der Waals surface area contributed by atoms with Gasteiger partial charge in [0.2, 0.25) is 0 Å². The number of non-ortho nitro benzene ring substituents is 1. The summed E-state index contributed by atoms with van der Waals surface area (Å²) < 4.78 is 10.5. The first kappa shape index (κ1) is 18.9. The van der Waals surface area contributed by atoms with Gasteiger partial charge in [-0.15, -0.1) is 0 Å². The Labute approximate surface area is 160 Å². The number of nitrogens with one attached hydrogen (secondary N) is 2. The minimum atomic E-state index is -0.921. The Morgan fingerprint density at radius 1 is 1.18 bits per heavy atom. The molecule has 3 rings (SSSR count). The Morgan fingerprint density at radius 2 is 1.93 bits per heavy atom. The largest absolute Gasteiger partial charge is 0.487 e. The molecule has 1 atom stereocenters. The van der Waals surface area contributed by atoms with Gasteiger partial charge in [0.25, 0.3) is 5.69 Å². The Kier molecular flexibility index (Phi) is 5.54. The maximum atomic E-state index is 12.4. The molecule has 1 unspecified atom stereocenters. The van der Waals surface area contributed by atoms with Crippen molar-refractivity contribution in [3.05, 3.63) is 81.5 Å². The molecule has 0 aromatic heterocycles. The number of ether oxygens (including phenoxy) is 2. The van der Waals surface area contributed by atoms with E-state index in [9.17, 15) is 19.7 Å². The zero-order valence-corrected chi connectivity index (χ0v) is 14.9. The molecule has 2 aromatic carbocycles. The molecule has 0 spiro atoms. The topological polar surface area (TPSA) is 120 Å². The zero-order chi connectivity index (χ0) is 20.1. The van der Waals surface area contributed by atoms with Crippen LogP contribution in [0.3, 0.4) is 0 Å². The van der Waals surface area contributed by atoms with Crippen LogP contribution in [-0.2, 0) is 9.53 Å². The summed E-state index contributed by atoms with van der Waals surface area (Å²) in [6.45, 7) is -0.0900. The van der Waals surface area contributed by atoms with Crippen LogP contribution in [0.25, 0.3) is 0 Å². The summed E-state index contributed by atoms with van der Waals surface area (Å²) in [7, 11) is 1.21. The molecule has 1 aliphatic rings. The van der Waals surface area contributed by atoms with Crippen LogP contribution in [0.2, 0.25) is 0 Å². The van der Waals surface area contributed by atoms with Gasteiger partial charge in [-0.1, -0.05) is 30.3 Å². The number of amides is 2. The molecule has 28 heavy (non-hydrogen) atoms. The van der Waals surface area contributed by atoms with Crippen molar-refractivity contribution >= 4 is 17.7 Å². The molecule has 1 aliphatic heterocycles. The maximum absolute atomic E-state index is 12.4. The van der Waals surface area contributed by atoms with Crippen molar-refractivity contribution in [2.75, 3.05) is 13.7 Å². The van der Waals surface area contributed by atoms with E-state index in [0.717, 1.165) is 0 Å². The normalized spacial score (nSPS) is 16.0. The van der Waals surface area contributed by atoms with E-state index < -0.39 is 23.0 Å². The molecule has 9 nitrogen and oxygen atoms in total. The van der Waals surface area contributed by atoms with Gasteiger partial charge in [0.05, 0.1) is 29.3 Å². The number of urea groups is 1. The first-order valence-corrected chi connectivity index (χ1v) is 8.30. The fourth-order valence-electron chi connectivity index (χ4n) is 2.82. The predicted octanol–water partition coefficient (Wildman–Crippen LogP) is 2.45. The summed E-state index contributed by atoms with van der Waals surface area (Å²) in [5, 5.41) is 16.2. The first-order chi connectivity index (χ1) is 13.5. The molecule has 2 aromatic rings. The number of esters is 1. The number of carbonyl (C=O) groups is 2. The van der Waals surface area contributed by atoms with Crippen molar-refractivity contribution in [2.24, 2.45) is 0 Å². The monoisotopic (exact) mass is 383 g/mol. The second kappa shape index (κ2) is 8.21. The summed E-state index contributed by atoms with van der Waals surface area (Å²) in [5.74, 6) is -0.130. The van der Waals surface area contributed by atoms with Gasteiger partial charge in [-0.2, -0.15) is 0 Å². The lowest BCUT2D eigenvalue weighted by Gasteiger charge is -2.29. The minimum absolute atomic E-state index is 0.0900. The zero-order valence-electron chi connectivity index (χ0n) is 14.9. The number of methoxy groups -OCH3 is 1. The Hall–Kier alpha value is -3.88. The van der Waals surface area contributed by atoms with E-state index in [4.69, 9.17) is 9.47 Å². The standard InChI is InChI=1S/C19H17N3O6/c1-27-18(23)16-15(11-28-14-8-3-2-4-9-14)20-19(24)21-17(16)12-6-5-7-13(10-12)22(25)26/h2-10,17H,11H2,1H3,(H2,20,21,24). The molecular weight excluding hydrogens is 366 g/mol. The van der Waals surface area contributed by atoms with Gasteiger partial charge < -0.3 is 20.1 Å². The van der Waals surface area contributed by atoms with Gasteiger partial charge in [-0.05, 0) is 17.7 Å². The average Bonchev–Trinajstić information content (AvgIpc) is 2.72. The first-order valence-electron chi connectivity index (χ1n) is 8.30. The predicted molar refractivity (Wildman–Crippen MR) is 98.5 cm³/mol. The summed E-state index contributed by atoms with van der Waals surface area (Å²) in [5.41, 5.74) is 0.549. The van der Waals surface area contributed by atoms with E-state index in [2.05, 4.69) is 10.6 Å². The number of carbonyl (C=O) groups excluding carboxylic acids is 2. The molecule has 0 aliphatic carbocycles. The van der Waals surface area contributed by atoms with E-state index in [1.807, 2.05) is 6.07 Å². The van der Waals surface area contributed by atoms with Crippen LogP contribution < -0.4 is 15.4 Å². The van der Waals surface area contributed by atoms with Gasteiger partial charge in [0.1, 0.15) is 12.4 Å². The summed E-state index contributed by atoms with van der Waals surface area (Å²) >= 11 is 0. The molecular formula is C19H17N3O6. The number of nitrogens with zero attached hydrogens (tertiary/aromatic N) is 1. The van der Waals surface area contributed by atoms with Crippen molar-refractivity contribution in [2.45, 2.75) is 6.04 Å². The Balaban J connectivity index is 2.00. The molecule has 0 fully saturated rings. The SMILES string of the molecule is COC(=O)C1=C(COc2ccccc2)NC(=O)NC1c1cccc([N+](=O)[O-])c1. The molecule has 144 valence electrons. The summed E-state index contributed by atoms with van der Waals surface area (Å²) in [6, 6.07) is 13.1. The van der Waals surface area contributed by atoms with E-state index in [1.165, 1.54) is 25.3 Å². The van der Waals surface area contributed by atoms with Gasteiger partial charge >= 0.3 is 12.0 Å². The quantitative estimate of drug-likeness (QED) is 0.449. The molecule has 0 saturated carbocycles. The van der Waals surface area contributed by atoms with Crippen molar-refractivity contribution in [1.82, 2.24) is 10.6 Å². The highest BCUT2D eigenvalue weighted by atomic mass is 16.6. The van der Waals surface area contributed by atoms with Crippen molar-refractivity contribution in [3.63, 3.8) is 0 Å². The highest BCUT2D eigenvalue weighted by Gasteiger charge is 2.34. The average molecular weight is 383 g/mol. The Morgan fingerprint density at radius 3 is 2.61 bits per heavy atom. The van der Waals surface area contributed by atoms with Crippen molar-refractivity contribution in [1.29, 1.82) is 0 Å². The van der Waals surface area contributed by atoms with Crippen LogP contribution in [0.5, 0.6) is 5.75 Å². The second-order valence-electron chi connectivity index (χ2n) is 5.87. The lowest BCUT2D eigenvalue weighted by Crippen LogP contribution is -2.47. The van der Waals surface area contributed by atoms with Crippen LogP contribution in [0.1, 0.15) is 11.6 Å². The summed E-state index contributed by atoms with van der Waals surface area (Å²) in [4.78, 5) is 35.1. The second-order valence-corrected chi connectivity index (χ2v) is 5.87. The maximum Gasteiger partial charge on any atom is 0.338 e. The third-order valence-electron chi connectivity index (χ3n) is 4.10. The number of nitro groups is 1. The summed E-state index contributed by atoms with van der Waals surface area (Å²) in [6.07, 6.45) is 0. The van der Waals surface area contributed by atoms with E-state index in [0.29, 0.717) is 11.3 Å². The molecule has 0 bridgehead atoms. The van der Waals surface area contributed by atoms with Crippen LogP contribution in [-0.4, -0.2) is 30.6 Å². The number of nitro benzene ring substituents is 1. The molecule has 0 radical (unpaired) electrons. The van der Waals surface area contributed by atoms with Crippen LogP contribution in [0.4, 0.5) is 10.5 Å². The van der Waals surface area contributed by atoms with Gasteiger partial charge in [-0.25, -0.2) is 9.59 Å². The number of benzene rings is 2. The minimum Gasteiger partial charge on any atom is -0.487 e. The van der Waals surface area contributed by atoms with Crippen molar-refractivity contribution < 1.29 is 24.0 Å². The molecule has 9 heteroatoms. The highest BCUT2D eigenvalue weighted by molar-refractivity contribution is 5.95. The molecule has 1 heterocycles. The molecule has 2 N–H and O–H groups in total.